The van der Waals surface area contributed by atoms with Crippen LogP contribution in [0.2, 0.25) is 0 Å². The Morgan fingerprint density at radius 1 is 1.37 bits per heavy atom. The number of Topliss-reactive ketones (excluding diaryl/α,β-unsaturated/α-hetero) is 1. The minimum atomic E-state index is 0.0391. The van der Waals surface area contributed by atoms with Crippen molar-refractivity contribution in [3.63, 3.8) is 0 Å². The molecule has 2 N–H and O–H groups in total. The molecule has 0 aromatic heterocycles. The van der Waals surface area contributed by atoms with Gasteiger partial charge in [-0.05, 0) is 44.9 Å². The van der Waals surface area contributed by atoms with Gasteiger partial charge in [-0.15, -0.1) is 0 Å². The molecule has 4 heteroatoms. The van der Waals surface area contributed by atoms with E-state index in [0.717, 1.165) is 29.8 Å². The van der Waals surface area contributed by atoms with Gasteiger partial charge in [0.2, 0.25) is 0 Å². The maximum Gasteiger partial charge on any atom is 0.159 e. The van der Waals surface area contributed by atoms with Gasteiger partial charge in [0, 0.05) is 42.8 Å². The lowest BCUT2D eigenvalue weighted by molar-refractivity contribution is 0.101. The fraction of sp³-hybridized carbons (Fsp3) is 0.467. The molecular formula is C15H22N2O2. The summed E-state index contributed by atoms with van der Waals surface area (Å²) in [6.07, 6.45) is 0.885. The van der Waals surface area contributed by atoms with Crippen molar-refractivity contribution in [1.82, 2.24) is 0 Å². The summed E-state index contributed by atoms with van der Waals surface area (Å²) in [5.41, 5.74) is 3.87. The number of anilines is 1. The first-order chi connectivity index (χ1) is 8.97. The van der Waals surface area contributed by atoms with Crippen molar-refractivity contribution in [1.29, 1.82) is 5.41 Å². The van der Waals surface area contributed by atoms with Crippen LogP contribution in [-0.4, -0.2) is 31.8 Å². The molecule has 0 bridgehead atoms. The van der Waals surface area contributed by atoms with Gasteiger partial charge >= 0.3 is 0 Å². The second-order valence-electron chi connectivity index (χ2n) is 4.67. The Balaban J connectivity index is 3.03. The molecule has 0 fully saturated rings. The van der Waals surface area contributed by atoms with Gasteiger partial charge in [-0.1, -0.05) is 0 Å². The van der Waals surface area contributed by atoms with Crippen molar-refractivity contribution < 1.29 is 9.53 Å². The van der Waals surface area contributed by atoms with Gasteiger partial charge < -0.3 is 15.5 Å². The first kappa shape index (κ1) is 15.4. The number of carbonyl (C=O) groups is 1. The molecule has 0 unspecified atom stereocenters. The van der Waals surface area contributed by atoms with E-state index in [4.69, 9.17) is 10.1 Å². The zero-order chi connectivity index (χ0) is 14.4. The molecule has 0 heterocycles. The Bertz CT molecular complexity index is 481. The minimum Gasteiger partial charge on any atom is -0.385 e. The third-order valence-corrected chi connectivity index (χ3v) is 2.96. The SMILES string of the molecule is COCCCNc1cc(C(C)=O)cc(C)c1C(C)=N. The zero-order valence-corrected chi connectivity index (χ0v) is 12.1. The second kappa shape index (κ2) is 7.04. The molecule has 0 aliphatic heterocycles. The average Bonchev–Trinajstić information content (AvgIpc) is 2.33. The van der Waals surface area contributed by atoms with Gasteiger partial charge in [-0.2, -0.15) is 0 Å². The van der Waals surface area contributed by atoms with Gasteiger partial charge in [-0.25, -0.2) is 0 Å². The third-order valence-electron chi connectivity index (χ3n) is 2.96. The van der Waals surface area contributed by atoms with Crippen LogP contribution in [0.3, 0.4) is 0 Å². The fourth-order valence-corrected chi connectivity index (χ4v) is 2.07. The summed E-state index contributed by atoms with van der Waals surface area (Å²) in [6.45, 7) is 6.70. The highest BCUT2D eigenvalue weighted by atomic mass is 16.5. The average molecular weight is 262 g/mol. The van der Waals surface area contributed by atoms with Gasteiger partial charge in [0.25, 0.3) is 0 Å². The number of aryl methyl sites for hydroxylation is 1. The molecule has 0 aliphatic carbocycles. The van der Waals surface area contributed by atoms with Crippen LogP contribution >= 0.6 is 0 Å². The highest BCUT2D eigenvalue weighted by Crippen LogP contribution is 2.23. The van der Waals surface area contributed by atoms with Crippen molar-refractivity contribution in [3.05, 3.63) is 28.8 Å². The van der Waals surface area contributed by atoms with E-state index in [0.29, 0.717) is 17.9 Å². The Morgan fingerprint density at radius 3 is 2.58 bits per heavy atom. The van der Waals surface area contributed by atoms with Gasteiger partial charge in [0.05, 0.1) is 0 Å². The molecule has 1 aromatic rings. The lowest BCUT2D eigenvalue weighted by Gasteiger charge is -2.15. The molecule has 19 heavy (non-hydrogen) atoms. The van der Waals surface area contributed by atoms with E-state index < -0.39 is 0 Å². The molecule has 104 valence electrons. The third kappa shape index (κ3) is 4.17. The highest BCUT2D eigenvalue weighted by molar-refractivity contribution is 6.05. The number of hydrogen-bond donors (Lipinski definition) is 2. The Labute approximate surface area is 114 Å². The van der Waals surface area contributed by atoms with Gasteiger partial charge in [-0.3, -0.25) is 4.79 Å². The van der Waals surface area contributed by atoms with Crippen LogP contribution < -0.4 is 5.32 Å². The lowest BCUT2D eigenvalue weighted by Crippen LogP contribution is -2.11. The Morgan fingerprint density at radius 2 is 2.05 bits per heavy atom. The standard InChI is InChI=1S/C15H22N2O2/c1-10-8-13(12(3)18)9-14(15(10)11(2)16)17-6-5-7-19-4/h8-9,16-17H,5-7H2,1-4H3. The molecule has 1 aromatic carbocycles. The number of benzene rings is 1. The molecule has 0 atom stereocenters. The highest BCUT2D eigenvalue weighted by Gasteiger charge is 2.11. The van der Waals surface area contributed by atoms with Gasteiger partial charge in [0.15, 0.2) is 5.78 Å². The van der Waals surface area contributed by atoms with E-state index in [-0.39, 0.29) is 5.78 Å². The van der Waals surface area contributed by atoms with E-state index in [9.17, 15) is 4.79 Å². The van der Waals surface area contributed by atoms with E-state index in [2.05, 4.69) is 5.32 Å². The normalized spacial score (nSPS) is 10.3. The summed E-state index contributed by atoms with van der Waals surface area (Å²) in [5.74, 6) is 0.0391. The molecule has 0 saturated heterocycles. The van der Waals surface area contributed by atoms with Crippen molar-refractivity contribution in [2.75, 3.05) is 25.6 Å². The summed E-state index contributed by atoms with van der Waals surface area (Å²) in [4.78, 5) is 11.5. The Hall–Kier alpha value is -1.68. The first-order valence-electron chi connectivity index (χ1n) is 6.41. The molecule has 0 saturated carbocycles. The summed E-state index contributed by atoms with van der Waals surface area (Å²) in [6, 6.07) is 3.67. The van der Waals surface area contributed by atoms with E-state index in [1.165, 1.54) is 0 Å². The number of hydrogen-bond acceptors (Lipinski definition) is 4. The van der Waals surface area contributed by atoms with Crippen LogP contribution in [0.4, 0.5) is 5.69 Å². The van der Waals surface area contributed by atoms with Crippen molar-refractivity contribution >= 4 is 17.2 Å². The predicted molar refractivity (Wildman–Crippen MR) is 78.7 cm³/mol. The maximum absolute atomic E-state index is 11.5. The van der Waals surface area contributed by atoms with Crippen molar-refractivity contribution in [2.45, 2.75) is 27.2 Å². The number of rotatable bonds is 7. The largest absolute Gasteiger partial charge is 0.385 e. The number of ether oxygens (including phenoxy) is 1. The van der Waals surface area contributed by atoms with E-state index in [1.54, 1.807) is 21.0 Å². The number of methoxy groups -OCH3 is 1. The molecule has 0 spiro atoms. The zero-order valence-electron chi connectivity index (χ0n) is 12.1. The topological polar surface area (TPSA) is 62.2 Å². The maximum atomic E-state index is 11.5. The monoisotopic (exact) mass is 262 g/mol. The van der Waals surface area contributed by atoms with Gasteiger partial charge in [0.1, 0.15) is 0 Å². The molecule has 4 nitrogen and oxygen atoms in total. The fourth-order valence-electron chi connectivity index (χ4n) is 2.07. The summed E-state index contributed by atoms with van der Waals surface area (Å²) < 4.78 is 5.01. The summed E-state index contributed by atoms with van der Waals surface area (Å²) in [5, 5.41) is 11.2. The lowest BCUT2D eigenvalue weighted by atomic mass is 9.98. The molecular weight excluding hydrogens is 240 g/mol. The van der Waals surface area contributed by atoms with Crippen LogP contribution in [0, 0.1) is 12.3 Å². The van der Waals surface area contributed by atoms with Crippen LogP contribution in [0.1, 0.15) is 41.8 Å². The van der Waals surface area contributed by atoms with Crippen LogP contribution in [0.15, 0.2) is 12.1 Å². The molecule has 0 radical (unpaired) electrons. The smallest absolute Gasteiger partial charge is 0.159 e. The molecule has 1 rings (SSSR count). The van der Waals surface area contributed by atoms with E-state index in [1.807, 2.05) is 19.1 Å². The summed E-state index contributed by atoms with van der Waals surface area (Å²) in [7, 11) is 1.67. The Kier molecular flexibility index (Phi) is 5.70. The molecule has 0 amide bonds. The first-order valence-corrected chi connectivity index (χ1v) is 6.41. The predicted octanol–water partition coefficient (Wildman–Crippen LogP) is 3.03. The summed E-state index contributed by atoms with van der Waals surface area (Å²) >= 11 is 0. The quantitative estimate of drug-likeness (QED) is 0.451. The second-order valence-corrected chi connectivity index (χ2v) is 4.67. The number of nitrogens with one attached hydrogen (secondary N) is 2. The number of carbonyl (C=O) groups excluding carboxylic acids is 1. The number of ketones is 1. The van der Waals surface area contributed by atoms with Crippen LogP contribution in [0.5, 0.6) is 0 Å². The van der Waals surface area contributed by atoms with E-state index >= 15 is 0 Å². The van der Waals surface area contributed by atoms with Crippen LogP contribution in [0.25, 0.3) is 0 Å². The van der Waals surface area contributed by atoms with Crippen molar-refractivity contribution in [2.24, 2.45) is 0 Å². The minimum absolute atomic E-state index is 0.0391. The molecule has 0 aliphatic rings. The van der Waals surface area contributed by atoms with Crippen molar-refractivity contribution in [3.8, 4) is 0 Å². The van der Waals surface area contributed by atoms with Crippen LogP contribution in [-0.2, 0) is 4.74 Å².